The molecule has 1 fully saturated rings. The summed E-state index contributed by atoms with van der Waals surface area (Å²) in [6, 6.07) is 15.1. The van der Waals surface area contributed by atoms with Gasteiger partial charge in [-0.05, 0) is 55.5 Å². The Morgan fingerprint density at radius 3 is 2.73 bits per heavy atom. The lowest BCUT2D eigenvalue weighted by Crippen LogP contribution is -2.43. The van der Waals surface area contributed by atoms with Crippen molar-refractivity contribution in [1.29, 1.82) is 0 Å². The van der Waals surface area contributed by atoms with Crippen LogP contribution in [0.15, 0.2) is 53.0 Å². The summed E-state index contributed by atoms with van der Waals surface area (Å²) in [7, 11) is 0. The number of nitrogens with zero attached hydrogens (tertiary/aromatic N) is 3. The van der Waals surface area contributed by atoms with Gasteiger partial charge in [0, 0.05) is 22.1 Å². The summed E-state index contributed by atoms with van der Waals surface area (Å²) < 4.78 is 0.954. The quantitative estimate of drug-likeness (QED) is 0.368. The first-order valence-corrected chi connectivity index (χ1v) is 13.0. The van der Waals surface area contributed by atoms with Crippen molar-refractivity contribution in [3.05, 3.63) is 64.1 Å². The minimum absolute atomic E-state index is 0.0974. The zero-order valence-corrected chi connectivity index (χ0v) is 21.0. The van der Waals surface area contributed by atoms with Gasteiger partial charge in [-0.25, -0.2) is 0 Å². The number of amides is 2. The number of hydrogen-bond donors (Lipinski definition) is 1. The molecule has 6 nitrogen and oxygen atoms in total. The van der Waals surface area contributed by atoms with E-state index in [1.807, 2.05) is 48.5 Å². The van der Waals surface area contributed by atoms with Crippen molar-refractivity contribution in [1.82, 2.24) is 15.1 Å². The van der Waals surface area contributed by atoms with Crippen molar-refractivity contribution >= 4 is 44.2 Å². The Morgan fingerprint density at radius 1 is 1.15 bits per heavy atom. The van der Waals surface area contributed by atoms with Crippen LogP contribution < -0.4 is 5.32 Å². The Morgan fingerprint density at radius 2 is 1.97 bits per heavy atom. The average Bonchev–Trinajstić information content (AvgIpc) is 3.49. The van der Waals surface area contributed by atoms with Crippen molar-refractivity contribution in [2.24, 2.45) is 0 Å². The maximum atomic E-state index is 13.1. The van der Waals surface area contributed by atoms with Crippen molar-refractivity contribution in [2.45, 2.75) is 51.5 Å². The molecule has 2 heterocycles. The van der Waals surface area contributed by atoms with Gasteiger partial charge in [-0.3, -0.25) is 14.9 Å². The van der Waals surface area contributed by atoms with E-state index >= 15 is 0 Å². The molecule has 4 rings (SSSR count). The number of carbonyl (C=O) groups excluding carboxylic acids is 2. The number of unbranched alkanes of at least 4 members (excludes halogenated alkanes) is 2. The molecule has 2 amide bonds. The highest BCUT2D eigenvalue weighted by Gasteiger charge is 2.35. The lowest BCUT2D eigenvalue weighted by Gasteiger charge is -2.23. The van der Waals surface area contributed by atoms with Gasteiger partial charge in [0.2, 0.25) is 11.0 Å². The van der Waals surface area contributed by atoms with E-state index in [0.717, 1.165) is 34.3 Å². The van der Waals surface area contributed by atoms with Crippen LogP contribution in [0.2, 0.25) is 0 Å². The first-order valence-electron chi connectivity index (χ1n) is 11.4. The number of benzene rings is 2. The van der Waals surface area contributed by atoms with E-state index in [-0.39, 0.29) is 11.8 Å². The first-order chi connectivity index (χ1) is 16.0. The monoisotopic (exact) mass is 526 g/mol. The standard InChI is InChI=1S/C25H27BrN4O2S/c1-2-3-4-7-17-11-13-18(14-12-17)24(32)30-15-6-10-21(30)22(31)27-25-29-28-23(33-25)19-8-5-9-20(26)16-19/h5,8-9,11-14,16,21H,2-4,6-7,10,15H2,1H3,(H,27,29,31). The van der Waals surface area contributed by atoms with Crippen LogP contribution >= 0.6 is 27.3 Å². The molecule has 1 unspecified atom stereocenters. The molecule has 1 aliphatic heterocycles. The Balaban J connectivity index is 1.39. The van der Waals surface area contributed by atoms with Crippen LogP contribution in [0, 0.1) is 0 Å². The third-order valence-corrected chi connectivity index (χ3v) is 7.19. The highest BCUT2D eigenvalue weighted by molar-refractivity contribution is 9.10. The molecule has 33 heavy (non-hydrogen) atoms. The highest BCUT2D eigenvalue weighted by atomic mass is 79.9. The third-order valence-electron chi connectivity index (χ3n) is 5.81. The fourth-order valence-electron chi connectivity index (χ4n) is 4.04. The maximum Gasteiger partial charge on any atom is 0.254 e. The van der Waals surface area contributed by atoms with Crippen LogP contribution in [0.5, 0.6) is 0 Å². The first kappa shape index (κ1) is 23.6. The van der Waals surface area contributed by atoms with Gasteiger partial charge in [-0.15, -0.1) is 10.2 Å². The summed E-state index contributed by atoms with van der Waals surface area (Å²) in [6.07, 6.45) is 6.04. The van der Waals surface area contributed by atoms with Gasteiger partial charge in [0.15, 0.2) is 0 Å². The van der Waals surface area contributed by atoms with Crippen molar-refractivity contribution < 1.29 is 9.59 Å². The molecule has 0 spiro atoms. The van der Waals surface area contributed by atoms with E-state index in [2.05, 4.69) is 38.4 Å². The van der Waals surface area contributed by atoms with E-state index in [1.54, 1.807) is 4.90 Å². The number of anilines is 1. The molecule has 0 saturated carbocycles. The maximum absolute atomic E-state index is 13.1. The second-order valence-corrected chi connectivity index (χ2v) is 10.1. The van der Waals surface area contributed by atoms with Crippen molar-refractivity contribution in [2.75, 3.05) is 11.9 Å². The lowest BCUT2D eigenvalue weighted by molar-refractivity contribution is -0.119. The summed E-state index contributed by atoms with van der Waals surface area (Å²) >= 11 is 4.78. The van der Waals surface area contributed by atoms with E-state index in [4.69, 9.17) is 0 Å². The van der Waals surface area contributed by atoms with E-state index in [9.17, 15) is 9.59 Å². The molecule has 1 atom stereocenters. The molecule has 1 saturated heterocycles. The molecular weight excluding hydrogens is 500 g/mol. The van der Waals surface area contributed by atoms with E-state index < -0.39 is 6.04 Å². The fraction of sp³-hybridized carbons (Fsp3) is 0.360. The number of hydrogen-bond acceptors (Lipinski definition) is 5. The summed E-state index contributed by atoms with van der Waals surface area (Å²) in [5.74, 6) is -0.311. The molecule has 172 valence electrons. The molecule has 0 radical (unpaired) electrons. The lowest BCUT2D eigenvalue weighted by atomic mass is 10.0. The Kier molecular flexibility index (Phi) is 7.88. The summed E-state index contributed by atoms with van der Waals surface area (Å²) in [6.45, 7) is 2.77. The number of likely N-dealkylation sites (tertiary alicyclic amines) is 1. The summed E-state index contributed by atoms with van der Waals surface area (Å²) in [4.78, 5) is 27.8. The third kappa shape index (κ3) is 5.86. The van der Waals surface area contributed by atoms with Gasteiger partial charge < -0.3 is 4.90 Å². The fourth-order valence-corrected chi connectivity index (χ4v) is 5.18. The summed E-state index contributed by atoms with van der Waals surface area (Å²) in [5, 5.41) is 12.3. The Bertz CT molecular complexity index is 1120. The van der Waals surface area contributed by atoms with Crippen molar-refractivity contribution in [3.8, 4) is 10.6 Å². The molecule has 1 aromatic heterocycles. The minimum Gasteiger partial charge on any atom is -0.327 e. The zero-order valence-electron chi connectivity index (χ0n) is 18.6. The smallest absolute Gasteiger partial charge is 0.254 e. The number of aryl methyl sites for hydroxylation is 1. The minimum atomic E-state index is -0.500. The number of carbonyl (C=O) groups is 2. The second-order valence-electron chi connectivity index (χ2n) is 8.22. The largest absolute Gasteiger partial charge is 0.327 e. The van der Waals surface area contributed by atoms with Crippen LogP contribution in [0.25, 0.3) is 10.6 Å². The highest BCUT2D eigenvalue weighted by Crippen LogP contribution is 2.29. The van der Waals surface area contributed by atoms with Gasteiger partial charge in [-0.1, -0.05) is 71.3 Å². The van der Waals surface area contributed by atoms with E-state index in [0.29, 0.717) is 23.7 Å². The average molecular weight is 527 g/mol. The molecule has 1 N–H and O–H groups in total. The molecule has 8 heteroatoms. The molecule has 3 aromatic rings. The van der Waals surface area contributed by atoms with Crippen LogP contribution in [-0.4, -0.2) is 39.5 Å². The molecular formula is C25H27BrN4O2S. The van der Waals surface area contributed by atoms with Gasteiger partial charge in [0.1, 0.15) is 11.0 Å². The normalized spacial score (nSPS) is 15.6. The number of nitrogens with one attached hydrogen (secondary N) is 1. The predicted molar refractivity (Wildman–Crippen MR) is 135 cm³/mol. The second kappa shape index (κ2) is 11.0. The van der Waals surface area contributed by atoms with Crippen molar-refractivity contribution in [3.63, 3.8) is 0 Å². The van der Waals surface area contributed by atoms with Crippen LogP contribution in [-0.2, 0) is 11.2 Å². The molecule has 0 aliphatic carbocycles. The predicted octanol–water partition coefficient (Wildman–Crippen LogP) is 5.94. The van der Waals surface area contributed by atoms with Gasteiger partial charge >= 0.3 is 0 Å². The van der Waals surface area contributed by atoms with Crippen LogP contribution in [0.4, 0.5) is 5.13 Å². The summed E-state index contributed by atoms with van der Waals surface area (Å²) in [5.41, 5.74) is 2.80. The molecule has 2 aromatic carbocycles. The van der Waals surface area contributed by atoms with Crippen LogP contribution in [0.3, 0.4) is 0 Å². The molecule has 0 bridgehead atoms. The van der Waals surface area contributed by atoms with Gasteiger partial charge in [0.25, 0.3) is 5.91 Å². The van der Waals surface area contributed by atoms with Gasteiger partial charge in [-0.2, -0.15) is 0 Å². The van der Waals surface area contributed by atoms with Crippen LogP contribution in [0.1, 0.15) is 54.9 Å². The Labute approximate surface area is 206 Å². The number of halogens is 1. The van der Waals surface area contributed by atoms with Gasteiger partial charge in [0.05, 0.1) is 0 Å². The number of aromatic nitrogens is 2. The number of rotatable bonds is 8. The zero-order chi connectivity index (χ0) is 23.2. The molecule has 1 aliphatic rings. The SMILES string of the molecule is CCCCCc1ccc(C(=O)N2CCCC2C(=O)Nc2nnc(-c3cccc(Br)c3)s2)cc1. The Hall–Kier alpha value is -2.58. The van der Waals surface area contributed by atoms with E-state index in [1.165, 1.54) is 29.7 Å². The topological polar surface area (TPSA) is 75.2 Å².